The number of nitro groups is 1. The van der Waals surface area contributed by atoms with Gasteiger partial charge in [0.1, 0.15) is 5.52 Å². The molecule has 0 N–H and O–H groups in total. The molecule has 0 unspecified atom stereocenters. The molecule has 0 atom stereocenters. The van der Waals surface area contributed by atoms with E-state index < -0.39 is 4.92 Å². The number of non-ortho nitro benzene ring substituents is 1. The summed E-state index contributed by atoms with van der Waals surface area (Å²) in [6.07, 6.45) is 0.740. The van der Waals surface area contributed by atoms with Gasteiger partial charge in [0.2, 0.25) is 0 Å². The number of amides is 1. The molecule has 3 aromatic rings. The van der Waals surface area contributed by atoms with Gasteiger partial charge in [0.25, 0.3) is 11.6 Å². The van der Waals surface area contributed by atoms with E-state index in [9.17, 15) is 14.9 Å². The van der Waals surface area contributed by atoms with Crippen LogP contribution in [0.1, 0.15) is 16.8 Å². The Labute approximate surface area is 188 Å². The molecule has 2 aromatic carbocycles. The van der Waals surface area contributed by atoms with Crippen LogP contribution in [0.3, 0.4) is 0 Å². The summed E-state index contributed by atoms with van der Waals surface area (Å²) < 4.78 is 6.27. The summed E-state index contributed by atoms with van der Waals surface area (Å²) in [6, 6.07) is 11.3. The minimum atomic E-state index is -0.503. The molecule has 162 valence electrons. The SMILES string of the molecule is O=C(c1cccc([N+](=O)[O-])c1)N(CCCN1CCOCC1)c1nc2c(Cl)cccc2s1. The number of halogens is 1. The lowest BCUT2D eigenvalue weighted by atomic mass is 10.1. The van der Waals surface area contributed by atoms with Crippen molar-refractivity contribution in [1.29, 1.82) is 0 Å². The summed E-state index contributed by atoms with van der Waals surface area (Å²) in [6.45, 7) is 4.44. The maximum absolute atomic E-state index is 13.4. The number of carbonyl (C=O) groups is 1. The monoisotopic (exact) mass is 460 g/mol. The van der Waals surface area contributed by atoms with E-state index in [0.717, 1.165) is 30.8 Å². The molecule has 0 bridgehead atoms. The first-order valence-electron chi connectivity index (χ1n) is 9.94. The van der Waals surface area contributed by atoms with Crippen molar-refractivity contribution in [2.24, 2.45) is 0 Å². The van der Waals surface area contributed by atoms with Gasteiger partial charge in [-0.25, -0.2) is 4.98 Å². The van der Waals surface area contributed by atoms with E-state index in [-0.39, 0.29) is 17.2 Å². The van der Waals surface area contributed by atoms with Crippen molar-refractivity contribution in [1.82, 2.24) is 9.88 Å². The summed E-state index contributed by atoms with van der Waals surface area (Å²) in [7, 11) is 0. The average molecular weight is 461 g/mol. The topological polar surface area (TPSA) is 88.8 Å². The second-order valence-electron chi connectivity index (χ2n) is 7.15. The quantitative estimate of drug-likeness (QED) is 0.387. The number of carbonyl (C=O) groups excluding carboxylic acids is 1. The number of aromatic nitrogens is 1. The third kappa shape index (κ3) is 5.01. The molecule has 0 saturated carbocycles. The Morgan fingerprint density at radius 2 is 2.03 bits per heavy atom. The van der Waals surface area contributed by atoms with Gasteiger partial charge in [-0.1, -0.05) is 35.1 Å². The summed E-state index contributed by atoms with van der Waals surface area (Å²) >= 11 is 7.66. The van der Waals surface area contributed by atoms with Gasteiger partial charge in [-0.3, -0.25) is 24.7 Å². The van der Waals surface area contributed by atoms with Crippen molar-refractivity contribution >= 4 is 49.9 Å². The molecule has 1 aromatic heterocycles. The molecule has 31 heavy (non-hydrogen) atoms. The maximum Gasteiger partial charge on any atom is 0.270 e. The van der Waals surface area contributed by atoms with Crippen molar-refractivity contribution in [3.05, 3.63) is 63.2 Å². The van der Waals surface area contributed by atoms with Crippen LogP contribution in [0, 0.1) is 10.1 Å². The van der Waals surface area contributed by atoms with Gasteiger partial charge in [0.15, 0.2) is 5.13 Å². The molecule has 10 heteroatoms. The van der Waals surface area contributed by atoms with Crippen molar-refractivity contribution in [3.63, 3.8) is 0 Å². The van der Waals surface area contributed by atoms with Crippen molar-refractivity contribution in [2.75, 3.05) is 44.3 Å². The number of anilines is 1. The van der Waals surface area contributed by atoms with Gasteiger partial charge in [0, 0.05) is 43.9 Å². The Balaban J connectivity index is 1.61. The summed E-state index contributed by atoms with van der Waals surface area (Å²) in [5, 5.41) is 12.2. The first-order chi connectivity index (χ1) is 15.0. The molecule has 1 amide bonds. The number of nitro benzene ring substituents is 1. The van der Waals surface area contributed by atoms with E-state index in [4.69, 9.17) is 16.3 Å². The molecule has 1 saturated heterocycles. The zero-order valence-electron chi connectivity index (χ0n) is 16.7. The molecule has 1 aliphatic rings. The fraction of sp³-hybridized carbons (Fsp3) is 0.333. The van der Waals surface area contributed by atoms with E-state index >= 15 is 0 Å². The van der Waals surface area contributed by atoms with Crippen LogP contribution < -0.4 is 4.90 Å². The molecular weight excluding hydrogens is 440 g/mol. The van der Waals surface area contributed by atoms with Crippen LogP contribution in [0.2, 0.25) is 5.02 Å². The van der Waals surface area contributed by atoms with Crippen LogP contribution in [0.25, 0.3) is 10.2 Å². The predicted octanol–water partition coefficient (Wildman–Crippen LogP) is 4.23. The number of thiazole rings is 1. The molecule has 2 heterocycles. The van der Waals surface area contributed by atoms with Crippen LogP contribution in [-0.2, 0) is 4.74 Å². The fourth-order valence-corrected chi connectivity index (χ4v) is 4.78. The third-order valence-electron chi connectivity index (χ3n) is 5.10. The van der Waals surface area contributed by atoms with Crippen molar-refractivity contribution < 1.29 is 14.5 Å². The number of hydrogen-bond acceptors (Lipinski definition) is 7. The molecule has 0 aliphatic carbocycles. The number of fused-ring (bicyclic) bond motifs is 1. The third-order valence-corrected chi connectivity index (χ3v) is 6.45. The van der Waals surface area contributed by atoms with Gasteiger partial charge in [0.05, 0.1) is 27.9 Å². The van der Waals surface area contributed by atoms with Crippen molar-refractivity contribution in [3.8, 4) is 0 Å². The summed E-state index contributed by atoms with van der Waals surface area (Å²) in [5.41, 5.74) is 0.784. The van der Waals surface area contributed by atoms with Crippen LogP contribution in [0.15, 0.2) is 42.5 Å². The lowest BCUT2D eigenvalue weighted by Gasteiger charge is -2.27. The van der Waals surface area contributed by atoms with Gasteiger partial charge in [-0.2, -0.15) is 0 Å². The van der Waals surface area contributed by atoms with E-state index in [1.807, 2.05) is 12.1 Å². The normalized spacial score (nSPS) is 14.6. The van der Waals surface area contributed by atoms with Gasteiger partial charge < -0.3 is 4.74 Å². The van der Waals surface area contributed by atoms with Crippen molar-refractivity contribution in [2.45, 2.75) is 6.42 Å². The number of benzene rings is 2. The van der Waals surface area contributed by atoms with E-state index in [1.54, 1.807) is 17.0 Å². The van der Waals surface area contributed by atoms with E-state index in [0.29, 0.717) is 35.4 Å². The maximum atomic E-state index is 13.4. The van der Waals surface area contributed by atoms with Crippen LogP contribution in [0.4, 0.5) is 10.8 Å². The van der Waals surface area contributed by atoms with E-state index in [1.165, 1.54) is 29.5 Å². The first kappa shape index (κ1) is 21.6. The summed E-state index contributed by atoms with van der Waals surface area (Å²) in [5.74, 6) is -0.319. The molecule has 0 spiro atoms. The Hall–Kier alpha value is -2.59. The van der Waals surface area contributed by atoms with E-state index in [2.05, 4.69) is 9.88 Å². The van der Waals surface area contributed by atoms with Crippen LogP contribution >= 0.6 is 22.9 Å². The molecule has 1 fully saturated rings. The fourth-order valence-electron chi connectivity index (χ4n) is 3.49. The van der Waals surface area contributed by atoms with Gasteiger partial charge in [-0.05, 0) is 24.6 Å². The molecular formula is C21H21ClN4O4S. The number of morpholine rings is 1. The number of para-hydroxylation sites is 1. The number of rotatable bonds is 7. The van der Waals surface area contributed by atoms with Gasteiger partial charge in [-0.15, -0.1) is 0 Å². The number of nitrogens with zero attached hydrogens (tertiary/aromatic N) is 4. The molecule has 1 aliphatic heterocycles. The largest absolute Gasteiger partial charge is 0.379 e. The second-order valence-corrected chi connectivity index (χ2v) is 8.57. The minimum absolute atomic E-state index is 0.119. The standard InChI is InChI=1S/C21H21ClN4O4S/c22-17-6-2-7-18-19(17)23-21(31-18)25(9-3-8-24-10-12-30-13-11-24)20(27)15-4-1-5-16(14-15)26(28)29/h1-2,4-7,14H,3,8-13H2. The zero-order valence-corrected chi connectivity index (χ0v) is 18.3. The lowest BCUT2D eigenvalue weighted by molar-refractivity contribution is -0.384. The molecule has 4 rings (SSSR count). The average Bonchev–Trinajstić information content (AvgIpc) is 3.22. The first-order valence-corrected chi connectivity index (χ1v) is 11.1. The Morgan fingerprint density at radius 3 is 2.77 bits per heavy atom. The highest BCUT2D eigenvalue weighted by Crippen LogP contribution is 2.33. The zero-order chi connectivity index (χ0) is 21.8. The number of ether oxygens (including phenoxy) is 1. The smallest absolute Gasteiger partial charge is 0.270 e. The number of hydrogen-bond donors (Lipinski definition) is 0. The molecule has 0 radical (unpaired) electrons. The highest BCUT2D eigenvalue weighted by Gasteiger charge is 2.23. The van der Waals surface area contributed by atoms with Crippen LogP contribution in [-0.4, -0.2) is 60.1 Å². The summed E-state index contributed by atoms with van der Waals surface area (Å²) in [4.78, 5) is 32.5. The minimum Gasteiger partial charge on any atom is -0.379 e. The predicted molar refractivity (Wildman–Crippen MR) is 121 cm³/mol. The lowest BCUT2D eigenvalue weighted by Crippen LogP contribution is -2.39. The highest BCUT2D eigenvalue weighted by molar-refractivity contribution is 7.22. The Bertz CT molecular complexity index is 1100. The second kappa shape index (κ2) is 9.69. The highest BCUT2D eigenvalue weighted by atomic mass is 35.5. The Morgan fingerprint density at radius 1 is 1.26 bits per heavy atom. The van der Waals surface area contributed by atoms with Gasteiger partial charge >= 0.3 is 0 Å². The molecule has 8 nitrogen and oxygen atoms in total. The Kier molecular flexibility index (Phi) is 6.77. The van der Waals surface area contributed by atoms with Crippen LogP contribution in [0.5, 0.6) is 0 Å².